The largest absolute Gasteiger partial charge is 0.383 e. The van der Waals surface area contributed by atoms with Crippen LogP contribution >= 0.6 is 15.9 Å². The molecule has 0 aromatic rings. The molecule has 2 N–H and O–H groups in total. The number of nitrogens with one attached hydrogen (secondary N) is 2. The molecule has 4 fully saturated rings. The molecule has 4 rings (SSSR count). The molecule has 2 atom stereocenters. The molecular formula is C17H27BrN2O3. The first-order chi connectivity index (χ1) is 10.9. The quantitative estimate of drug-likeness (QED) is 0.519. The molecule has 0 aromatic carbocycles. The maximum absolute atomic E-state index is 12.3. The van der Waals surface area contributed by atoms with Gasteiger partial charge in [0.2, 0.25) is 11.8 Å². The van der Waals surface area contributed by atoms with Crippen molar-refractivity contribution in [2.24, 2.45) is 17.3 Å². The molecular weight excluding hydrogens is 360 g/mol. The zero-order valence-corrected chi connectivity index (χ0v) is 15.4. The molecule has 5 nitrogen and oxygen atoms in total. The van der Waals surface area contributed by atoms with Crippen LogP contribution in [0.4, 0.5) is 0 Å². The lowest BCUT2D eigenvalue weighted by atomic mass is 9.48. The minimum atomic E-state index is -0.155. The van der Waals surface area contributed by atoms with Crippen LogP contribution in [0.25, 0.3) is 0 Å². The standard InChI is InChI=1S/C17H27BrN2O3/c1-23-3-2-19-15(22)10-20-14(21)9-16-5-12-4-13(6-16)8-17(18,7-12)11-16/h12-13H,2-11H2,1H3,(H,19,22)(H,20,21). The van der Waals surface area contributed by atoms with Gasteiger partial charge in [-0.15, -0.1) is 0 Å². The van der Waals surface area contributed by atoms with E-state index in [0.29, 0.717) is 19.6 Å². The summed E-state index contributed by atoms with van der Waals surface area (Å²) < 4.78 is 5.15. The van der Waals surface area contributed by atoms with E-state index in [0.717, 1.165) is 18.3 Å². The van der Waals surface area contributed by atoms with Crippen molar-refractivity contribution in [1.82, 2.24) is 10.6 Å². The third-order valence-electron chi connectivity index (χ3n) is 5.72. The van der Waals surface area contributed by atoms with Gasteiger partial charge in [-0.2, -0.15) is 0 Å². The number of methoxy groups -OCH3 is 1. The Morgan fingerprint density at radius 1 is 1.13 bits per heavy atom. The van der Waals surface area contributed by atoms with Crippen LogP contribution in [0, 0.1) is 17.3 Å². The maximum Gasteiger partial charge on any atom is 0.239 e. The van der Waals surface area contributed by atoms with Gasteiger partial charge in [0, 0.05) is 24.4 Å². The zero-order chi connectivity index (χ0) is 16.5. The van der Waals surface area contributed by atoms with Gasteiger partial charge in [-0.05, 0) is 55.8 Å². The Hall–Kier alpha value is -0.620. The molecule has 23 heavy (non-hydrogen) atoms. The highest BCUT2D eigenvalue weighted by molar-refractivity contribution is 9.10. The summed E-state index contributed by atoms with van der Waals surface area (Å²) in [5.41, 5.74) is 0.157. The second-order valence-electron chi connectivity index (χ2n) is 7.91. The predicted molar refractivity (Wildman–Crippen MR) is 91.3 cm³/mol. The average molecular weight is 387 g/mol. The Morgan fingerprint density at radius 2 is 1.83 bits per heavy atom. The monoisotopic (exact) mass is 386 g/mol. The Morgan fingerprint density at radius 3 is 2.43 bits per heavy atom. The zero-order valence-electron chi connectivity index (χ0n) is 13.8. The molecule has 0 heterocycles. The second-order valence-corrected chi connectivity index (χ2v) is 9.59. The molecule has 4 aliphatic carbocycles. The molecule has 0 radical (unpaired) electrons. The van der Waals surface area contributed by atoms with Crippen molar-refractivity contribution >= 4 is 27.7 Å². The summed E-state index contributed by atoms with van der Waals surface area (Å²) in [5.74, 6) is 1.42. The van der Waals surface area contributed by atoms with E-state index in [1.165, 1.54) is 32.1 Å². The van der Waals surface area contributed by atoms with Crippen LogP contribution in [0.1, 0.15) is 44.9 Å². The summed E-state index contributed by atoms with van der Waals surface area (Å²) in [6, 6.07) is 0. The van der Waals surface area contributed by atoms with Crippen molar-refractivity contribution < 1.29 is 14.3 Å². The number of ether oxygens (including phenoxy) is 1. The molecule has 130 valence electrons. The number of hydrogen-bond acceptors (Lipinski definition) is 3. The highest BCUT2D eigenvalue weighted by atomic mass is 79.9. The van der Waals surface area contributed by atoms with Gasteiger partial charge in [-0.3, -0.25) is 9.59 Å². The number of hydrogen-bond donors (Lipinski definition) is 2. The maximum atomic E-state index is 12.3. The van der Waals surface area contributed by atoms with E-state index in [2.05, 4.69) is 26.6 Å². The minimum Gasteiger partial charge on any atom is -0.383 e. The van der Waals surface area contributed by atoms with E-state index < -0.39 is 0 Å². The van der Waals surface area contributed by atoms with Gasteiger partial charge in [0.25, 0.3) is 0 Å². The lowest BCUT2D eigenvalue weighted by Crippen LogP contribution is -2.54. The fourth-order valence-corrected chi connectivity index (χ4v) is 6.99. The number of halogens is 1. The van der Waals surface area contributed by atoms with Crippen LogP contribution in [-0.4, -0.2) is 42.9 Å². The Bertz CT molecular complexity index is 468. The van der Waals surface area contributed by atoms with E-state index in [4.69, 9.17) is 4.74 Å². The average Bonchev–Trinajstić information content (AvgIpc) is 2.42. The van der Waals surface area contributed by atoms with E-state index in [1.54, 1.807) is 7.11 Å². The Labute approximate surface area is 146 Å². The molecule has 2 unspecified atom stereocenters. The number of amides is 2. The van der Waals surface area contributed by atoms with Crippen molar-refractivity contribution in [2.45, 2.75) is 49.3 Å². The lowest BCUT2D eigenvalue weighted by Gasteiger charge is -2.60. The fourth-order valence-electron chi connectivity index (χ4n) is 5.48. The topological polar surface area (TPSA) is 67.4 Å². The fraction of sp³-hybridized carbons (Fsp3) is 0.882. The van der Waals surface area contributed by atoms with Crippen molar-refractivity contribution in [1.29, 1.82) is 0 Å². The highest BCUT2D eigenvalue weighted by Gasteiger charge is 2.57. The SMILES string of the molecule is COCCNC(=O)CNC(=O)CC12CC3CC(CC(Br)(C3)C1)C2. The van der Waals surface area contributed by atoms with E-state index >= 15 is 0 Å². The third-order valence-corrected chi connectivity index (χ3v) is 6.65. The molecule has 4 saturated carbocycles. The Balaban J connectivity index is 1.47. The summed E-state index contributed by atoms with van der Waals surface area (Å²) in [6.45, 7) is 1.02. The predicted octanol–water partition coefficient (Wildman–Crippen LogP) is 1.99. The molecule has 2 amide bonds. The van der Waals surface area contributed by atoms with Gasteiger partial charge < -0.3 is 15.4 Å². The molecule has 0 saturated heterocycles. The molecule has 4 bridgehead atoms. The Kier molecular flexibility index (Phi) is 5.02. The number of carbonyl (C=O) groups is 2. The molecule has 6 heteroatoms. The molecule has 0 aromatic heterocycles. The minimum absolute atomic E-state index is 0.0185. The number of rotatable bonds is 7. The van der Waals surface area contributed by atoms with Gasteiger partial charge in [0.1, 0.15) is 0 Å². The molecule has 0 spiro atoms. The van der Waals surface area contributed by atoms with Gasteiger partial charge >= 0.3 is 0 Å². The van der Waals surface area contributed by atoms with E-state index in [-0.39, 0.29) is 28.1 Å². The summed E-state index contributed by atoms with van der Waals surface area (Å²) in [6.07, 6.45) is 7.94. The first-order valence-corrected chi connectivity index (χ1v) is 9.43. The summed E-state index contributed by atoms with van der Waals surface area (Å²) in [7, 11) is 1.59. The lowest BCUT2D eigenvalue weighted by molar-refractivity contribution is -0.131. The van der Waals surface area contributed by atoms with Crippen molar-refractivity contribution in [3.8, 4) is 0 Å². The smallest absolute Gasteiger partial charge is 0.239 e. The van der Waals surface area contributed by atoms with Crippen LogP contribution in [0.5, 0.6) is 0 Å². The summed E-state index contributed by atoms with van der Waals surface area (Å²) in [5, 5.41) is 5.51. The second kappa shape index (κ2) is 6.71. The van der Waals surface area contributed by atoms with Crippen LogP contribution in [0.3, 0.4) is 0 Å². The normalized spacial score (nSPS) is 37.7. The molecule has 4 aliphatic rings. The summed E-state index contributed by atoms with van der Waals surface area (Å²) in [4.78, 5) is 24.0. The third kappa shape index (κ3) is 4.08. The van der Waals surface area contributed by atoms with Crippen LogP contribution < -0.4 is 10.6 Å². The highest BCUT2D eigenvalue weighted by Crippen LogP contribution is 2.65. The van der Waals surface area contributed by atoms with Crippen molar-refractivity contribution in [3.63, 3.8) is 0 Å². The van der Waals surface area contributed by atoms with Gasteiger partial charge in [0.05, 0.1) is 13.2 Å². The van der Waals surface area contributed by atoms with Gasteiger partial charge in [-0.1, -0.05) is 15.9 Å². The van der Waals surface area contributed by atoms with Gasteiger partial charge in [0.15, 0.2) is 0 Å². The van der Waals surface area contributed by atoms with Crippen molar-refractivity contribution in [3.05, 3.63) is 0 Å². The van der Waals surface area contributed by atoms with E-state index in [1.807, 2.05) is 0 Å². The first kappa shape index (κ1) is 17.2. The van der Waals surface area contributed by atoms with Crippen molar-refractivity contribution in [2.75, 3.05) is 26.8 Å². The van der Waals surface area contributed by atoms with E-state index in [9.17, 15) is 9.59 Å². The van der Waals surface area contributed by atoms with Crippen LogP contribution in [0.15, 0.2) is 0 Å². The first-order valence-electron chi connectivity index (χ1n) is 8.63. The van der Waals surface area contributed by atoms with Crippen LogP contribution in [-0.2, 0) is 14.3 Å². The number of carbonyl (C=O) groups excluding carboxylic acids is 2. The summed E-state index contributed by atoms with van der Waals surface area (Å²) >= 11 is 3.97. The van der Waals surface area contributed by atoms with Crippen LogP contribution in [0.2, 0.25) is 0 Å². The number of alkyl halides is 1. The van der Waals surface area contributed by atoms with Gasteiger partial charge in [-0.25, -0.2) is 0 Å². The molecule has 0 aliphatic heterocycles.